The van der Waals surface area contributed by atoms with Crippen LogP contribution in [0, 0.1) is 12.8 Å². The van der Waals surface area contributed by atoms with Gasteiger partial charge in [-0.15, -0.1) is 0 Å². The Morgan fingerprint density at radius 3 is 2.52 bits per heavy atom. The van der Waals surface area contributed by atoms with Crippen LogP contribution in [-0.2, 0) is 11.3 Å². The minimum Gasteiger partial charge on any atom is -0.331 e. The average molecular weight is 422 g/mol. The van der Waals surface area contributed by atoms with Gasteiger partial charge in [0.25, 0.3) is 0 Å². The van der Waals surface area contributed by atoms with Crippen molar-refractivity contribution >= 4 is 17.6 Å². The number of carbonyl (C=O) groups is 2. The average Bonchev–Trinajstić information content (AvgIpc) is 2.80. The fourth-order valence-corrected chi connectivity index (χ4v) is 4.68. The number of para-hydroxylation sites is 1. The molecule has 2 aliphatic heterocycles. The summed E-state index contributed by atoms with van der Waals surface area (Å²) < 4.78 is 0. The second kappa shape index (κ2) is 9.96. The van der Waals surface area contributed by atoms with Gasteiger partial charge in [-0.25, -0.2) is 4.79 Å². The van der Waals surface area contributed by atoms with E-state index in [-0.39, 0.29) is 17.9 Å². The molecule has 0 aromatic heterocycles. The Balaban J connectivity index is 1.27. The van der Waals surface area contributed by atoms with Crippen LogP contribution >= 0.6 is 0 Å². The molecule has 0 bridgehead atoms. The SMILES string of the molecule is Cc1cccc(C[NH+]2CCN(C(=O)[C@H]3CCCN(C(=O)Nc4ccccc4)C3)CC2)c1. The molecule has 3 amide bonds. The van der Waals surface area contributed by atoms with Crippen LogP contribution in [0.15, 0.2) is 54.6 Å². The zero-order chi connectivity index (χ0) is 21.6. The molecule has 0 spiro atoms. The minimum absolute atomic E-state index is 0.0893. The first-order valence-corrected chi connectivity index (χ1v) is 11.4. The monoisotopic (exact) mass is 421 g/mol. The number of likely N-dealkylation sites (tertiary alicyclic amines) is 1. The standard InChI is InChI=1S/C25H32N4O2/c1-20-7-5-8-21(17-20)18-27-13-15-28(16-14-27)24(30)22-9-6-12-29(19-22)25(31)26-23-10-3-2-4-11-23/h2-5,7-8,10-11,17,22H,6,9,12-16,18-19H2,1H3,(H,26,31)/p+1/t22-/m0/s1. The Morgan fingerprint density at radius 2 is 1.77 bits per heavy atom. The second-order valence-corrected chi connectivity index (χ2v) is 8.82. The predicted molar refractivity (Wildman–Crippen MR) is 122 cm³/mol. The maximum atomic E-state index is 13.1. The molecule has 2 heterocycles. The van der Waals surface area contributed by atoms with Gasteiger partial charge in [-0.3, -0.25) is 4.79 Å². The number of piperazine rings is 1. The number of rotatable bonds is 4. The summed E-state index contributed by atoms with van der Waals surface area (Å²) in [6.45, 7) is 7.91. The molecule has 0 unspecified atom stereocenters. The number of carbonyl (C=O) groups excluding carboxylic acids is 2. The van der Waals surface area contributed by atoms with Crippen LogP contribution in [0.4, 0.5) is 10.5 Å². The summed E-state index contributed by atoms with van der Waals surface area (Å²) in [7, 11) is 0. The number of piperidine rings is 1. The van der Waals surface area contributed by atoms with Crippen LogP contribution in [0.1, 0.15) is 24.0 Å². The van der Waals surface area contributed by atoms with Gasteiger partial charge in [0, 0.05) is 24.3 Å². The molecule has 1 atom stereocenters. The molecule has 2 aromatic rings. The van der Waals surface area contributed by atoms with Crippen LogP contribution in [-0.4, -0.2) is 61.0 Å². The van der Waals surface area contributed by atoms with Crippen molar-refractivity contribution in [3.8, 4) is 0 Å². The minimum atomic E-state index is -0.115. The molecule has 0 saturated carbocycles. The van der Waals surface area contributed by atoms with E-state index < -0.39 is 0 Å². The summed E-state index contributed by atoms with van der Waals surface area (Å²) in [4.78, 5) is 31.1. The third-order valence-corrected chi connectivity index (χ3v) is 6.40. The van der Waals surface area contributed by atoms with E-state index in [0.29, 0.717) is 13.1 Å². The molecular formula is C25H33N4O2+. The smallest absolute Gasteiger partial charge is 0.321 e. The fraction of sp³-hybridized carbons (Fsp3) is 0.440. The van der Waals surface area contributed by atoms with Crippen molar-refractivity contribution in [1.82, 2.24) is 9.80 Å². The van der Waals surface area contributed by atoms with Crippen molar-refractivity contribution in [2.75, 3.05) is 44.6 Å². The molecule has 2 fully saturated rings. The zero-order valence-corrected chi connectivity index (χ0v) is 18.3. The number of quaternary nitrogens is 1. The summed E-state index contributed by atoms with van der Waals surface area (Å²) in [6, 6.07) is 18.1. The van der Waals surface area contributed by atoms with Crippen LogP contribution in [0.5, 0.6) is 0 Å². The molecule has 6 heteroatoms. The summed E-state index contributed by atoms with van der Waals surface area (Å²) in [6.07, 6.45) is 1.74. The maximum absolute atomic E-state index is 13.1. The Morgan fingerprint density at radius 1 is 1.00 bits per heavy atom. The van der Waals surface area contributed by atoms with Crippen LogP contribution in [0.25, 0.3) is 0 Å². The normalized spacial score (nSPS) is 19.8. The van der Waals surface area contributed by atoms with Crippen molar-refractivity contribution in [2.45, 2.75) is 26.3 Å². The van der Waals surface area contributed by atoms with E-state index in [4.69, 9.17) is 0 Å². The molecule has 2 aromatic carbocycles. The van der Waals surface area contributed by atoms with Gasteiger partial charge in [0.05, 0.1) is 32.1 Å². The van der Waals surface area contributed by atoms with Crippen molar-refractivity contribution in [2.24, 2.45) is 5.92 Å². The van der Waals surface area contributed by atoms with E-state index >= 15 is 0 Å². The number of nitrogens with zero attached hydrogens (tertiary/aromatic N) is 2. The second-order valence-electron chi connectivity index (χ2n) is 8.82. The van der Waals surface area contributed by atoms with Crippen molar-refractivity contribution in [3.05, 3.63) is 65.7 Å². The first-order chi connectivity index (χ1) is 15.1. The highest BCUT2D eigenvalue weighted by molar-refractivity contribution is 5.90. The number of urea groups is 1. The molecule has 2 N–H and O–H groups in total. The molecule has 0 aliphatic carbocycles. The van der Waals surface area contributed by atoms with Gasteiger partial charge in [-0.1, -0.05) is 48.0 Å². The lowest BCUT2D eigenvalue weighted by atomic mass is 9.96. The van der Waals surface area contributed by atoms with Gasteiger partial charge in [-0.2, -0.15) is 0 Å². The Hall–Kier alpha value is -2.86. The first-order valence-electron chi connectivity index (χ1n) is 11.4. The van der Waals surface area contributed by atoms with Gasteiger partial charge >= 0.3 is 6.03 Å². The van der Waals surface area contributed by atoms with Gasteiger partial charge in [-0.05, 0) is 31.9 Å². The third-order valence-electron chi connectivity index (χ3n) is 6.40. The summed E-state index contributed by atoms with van der Waals surface area (Å²) >= 11 is 0. The van der Waals surface area contributed by atoms with E-state index in [1.54, 1.807) is 4.90 Å². The predicted octanol–water partition coefficient (Wildman–Crippen LogP) is 2.17. The highest BCUT2D eigenvalue weighted by Crippen LogP contribution is 2.20. The Bertz CT molecular complexity index is 893. The molecule has 2 aliphatic rings. The third kappa shape index (κ3) is 5.64. The van der Waals surface area contributed by atoms with E-state index in [1.807, 2.05) is 35.2 Å². The van der Waals surface area contributed by atoms with Crippen LogP contribution < -0.4 is 10.2 Å². The maximum Gasteiger partial charge on any atom is 0.321 e. The first kappa shape index (κ1) is 21.4. The fourth-order valence-electron chi connectivity index (χ4n) is 4.68. The topological polar surface area (TPSA) is 57.1 Å². The summed E-state index contributed by atoms with van der Waals surface area (Å²) in [5, 5.41) is 2.94. The lowest BCUT2D eigenvalue weighted by molar-refractivity contribution is -0.917. The molecule has 4 rings (SSSR count). The van der Waals surface area contributed by atoms with E-state index in [9.17, 15) is 9.59 Å². The van der Waals surface area contributed by atoms with Crippen molar-refractivity contribution < 1.29 is 14.5 Å². The van der Waals surface area contributed by atoms with Gasteiger partial charge < -0.3 is 20.0 Å². The van der Waals surface area contributed by atoms with E-state index in [0.717, 1.165) is 51.3 Å². The molecule has 164 valence electrons. The summed E-state index contributed by atoms with van der Waals surface area (Å²) in [5.41, 5.74) is 3.44. The summed E-state index contributed by atoms with van der Waals surface area (Å²) in [5.74, 6) is 0.125. The van der Waals surface area contributed by atoms with Crippen molar-refractivity contribution in [3.63, 3.8) is 0 Å². The number of hydrogen-bond donors (Lipinski definition) is 2. The van der Waals surface area contributed by atoms with Crippen LogP contribution in [0.3, 0.4) is 0 Å². The Labute approximate surface area is 184 Å². The lowest BCUT2D eigenvalue weighted by Crippen LogP contribution is -3.13. The van der Waals surface area contributed by atoms with Gasteiger partial charge in [0.2, 0.25) is 5.91 Å². The molecule has 31 heavy (non-hydrogen) atoms. The number of aryl methyl sites for hydroxylation is 1. The van der Waals surface area contributed by atoms with E-state index in [2.05, 4.69) is 36.5 Å². The number of nitrogens with one attached hydrogen (secondary N) is 2. The number of amides is 3. The van der Waals surface area contributed by atoms with E-state index in [1.165, 1.54) is 16.0 Å². The number of anilines is 1. The lowest BCUT2D eigenvalue weighted by Gasteiger charge is -2.37. The quantitative estimate of drug-likeness (QED) is 0.795. The van der Waals surface area contributed by atoms with Gasteiger partial charge in [0.15, 0.2) is 0 Å². The zero-order valence-electron chi connectivity index (χ0n) is 18.3. The van der Waals surface area contributed by atoms with Gasteiger partial charge in [0.1, 0.15) is 6.54 Å². The molecular weight excluding hydrogens is 388 g/mol. The molecule has 0 radical (unpaired) electrons. The highest BCUT2D eigenvalue weighted by atomic mass is 16.2. The van der Waals surface area contributed by atoms with Crippen LogP contribution in [0.2, 0.25) is 0 Å². The number of benzene rings is 2. The highest BCUT2D eigenvalue weighted by Gasteiger charge is 2.33. The molecule has 2 saturated heterocycles. The Kier molecular flexibility index (Phi) is 6.87. The largest absolute Gasteiger partial charge is 0.331 e. The van der Waals surface area contributed by atoms with Crippen molar-refractivity contribution in [1.29, 1.82) is 0 Å². The number of hydrogen-bond acceptors (Lipinski definition) is 2. The molecule has 6 nitrogen and oxygen atoms in total.